The quantitative estimate of drug-likeness (QED) is 0.0792. The van der Waals surface area contributed by atoms with E-state index >= 15 is 0 Å². The summed E-state index contributed by atoms with van der Waals surface area (Å²) in [7, 11) is 1.00. The van der Waals surface area contributed by atoms with Crippen molar-refractivity contribution in [2.75, 3.05) is 13.7 Å². The van der Waals surface area contributed by atoms with E-state index in [9.17, 15) is 9.59 Å². The fourth-order valence-corrected chi connectivity index (χ4v) is 3.82. The Morgan fingerprint density at radius 2 is 0.913 bits per heavy atom. The molecule has 0 aliphatic heterocycles. The minimum Gasteiger partial charge on any atom is -0.460 e. The first-order valence-electron chi connectivity index (χ1n) is 23.4. The van der Waals surface area contributed by atoms with Crippen molar-refractivity contribution < 1.29 is 24.5 Å². The first kappa shape index (κ1) is 79.9. The van der Waals surface area contributed by atoms with E-state index in [0.717, 1.165) is 45.3 Å². The first-order chi connectivity index (χ1) is 32.5. The van der Waals surface area contributed by atoms with Gasteiger partial charge in [-0.1, -0.05) is 207 Å². The van der Waals surface area contributed by atoms with Crippen LogP contribution in [0.1, 0.15) is 125 Å². The highest BCUT2D eigenvalue weighted by Gasteiger charge is 2.02. The molecule has 0 aromatic heterocycles. The van der Waals surface area contributed by atoms with Crippen molar-refractivity contribution in [2.45, 2.75) is 135 Å². The highest BCUT2D eigenvalue weighted by molar-refractivity contribution is 5.91. The molecule has 0 saturated heterocycles. The van der Waals surface area contributed by atoms with Gasteiger partial charge in [0.1, 0.15) is 6.61 Å². The summed E-state index contributed by atoms with van der Waals surface area (Å²) < 4.78 is 4.54. The summed E-state index contributed by atoms with van der Waals surface area (Å²) in [5, 5.41) is 15.9. The van der Waals surface area contributed by atoms with Crippen molar-refractivity contribution in [3.05, 3.63) is 232 Å². The molecule has 5 heteroatoms. The Kier molecular flexibility index (Phi) is 76.6. The van der Waals surface area contributed by atoms with Gasteiger partial charge in [0.25, 0.3) is 0 Å². The average Bonchev–Trinajstić information content (AvgIpc) is 3.37. The number of ketones is 1. The van der Waals surface area contributed by atoms with Crippen molar-refractivity contribution in [1.29, 1.82) is 0 Å². The van der Waals surface area contributed by atoms with Gasteiger partial charge in [-0.25, -0.2) is 4.79 Å². The number of allylic oxidation sites excluding steroid dienone is 7. The Balaban J connectivity index is -0.000000104. The number of rotatable bonds is 13. The Hall–Kier alpha value is -6.14. The molecule has 0 fully saturated rings. The lowest BCUT2D eigenvalue weighted by Crippen LogP contribution is -2.16. The van der Waals surface area contributed by atoms with E-state index in [2.05, 4.69) is 176 Å². The molecule has 0 radical (unpaired) electrons. The second-order valence-electron chi connectivity index (χ2n) is 14.0. The molecular formula is C64H100O5. The summed E-state index contributed by atoms with van der Waals surface area (Å²) in [6.45, 7) is 51.3. The van der Waals surface area contributed by atoms with Crippen LogP contribution in [0.15, 0.2) is 209 Å². The molecule has 0 aliphatic carbocycles. The largest absolute Gasteiger partial charge is 0.460 e. The third-order valence-corrected chi connectivity index (χ3v) is 7.65. The molecule has 4 aromatic carbocycles. The molecule has 2 N–H and O–H groups in total. The molecule has 0 spiro atoms. The van der Waals surface area contributed by atoms with Crippen LogP contribution in [-0.2, 0) is 33.6 Å². The lowest BCUT2D eigenvalue weighted by molar-refractivity contribution is -0.140. The van der Waals surface area contributed by atoms with E-state index in [1.165, 1.54) is 45.9 Å². The van der Waals surface area contributed by atoms with Crippen LogP contribution in [0.5, 0.6) is 0 Å². The minimum absolute atomic E-state index is 0. The lowest BCUT2D eigenvalue weighted by atomic mass is 9.98. The SMILES string of the molecule is C.C=C(C)C.C=C(C)C(C)=O.C=CC.C=CC(=O)OCC(O)CC.C=CCC.C=CCC.C=CCc1cccc(CC=C)c1C.CC.CCc1ccccc1.CO.c1ccc(-c2ccccc2)cc1. The van der Waals surface area contributed by atoms with Gasteiger partial charge in [0.05, 0.1) is 6.10 Å². The predicted molar refractivity (Wildman–Crippen MR) is 313 cm³/mol. The van der Waals surface area contributed by atoms with E-state index in [1.54, 1.807) is 13.0 Å². The summed E-state index contributed by atoms with van der Waals surface area (Å²) in [6, 6.07) is 37.7. The molecule has 5 nitrogen and oxygen atoms in total. The van der Waals surface area contributed by atoms with Crippen LogP contribution in [0.25, 0.3) is 11.1 Å². The Morgan fingerprint density at radius 1 is 0.609 bits per heavy atom. The molecule has 0 bridgehead atoms. The van der Waals surface area contributed by atoms with Crippen LogP contribution in [-0.4, -0.2) is 41.8 Å². The van der Waals surface area contributed by atoms with Crippen LogP contribution in [0.3, 0.4) is 0 Å². The van der Waals surface area contributed by atoms with Crippen LogP contribution in [0.4, 0.5) is 0 Å². The number of Topliss-reactive ketones (excluding diaryl/α,β-unsaturated/α-hetero) is 1. The molecular weight excluding hydrogens is 849 g/mol. The molecule has 0 amide bonds. The van der Waals surface area contributed by atoms with E-state index in [0.29, 0.717) is 12.0 Å². The summed E-state index contributed by atoms with van der Waals surface area (Å²) in [4.78, 5) is 20.4. The summed E-state index contributed by atoms with van der Waals surface area (Å²) in [5.74, 6) is -0.428. The Morgan fingerprint density at radius 3 is 1.13 bits per heavy atom. The first-order valence-corrected chi connectivity index (χ1v) is 23.4. The highest BCUT2D eigenvalue weighted by atomic mass is 16.5. The zero-order chi connectivity index (χ0) is 54.0. The molecule has 386 valence electrons. The van der Waals surface area contributed by atoms with Gasteiger partial charge in [0.2, 0.25) is 0 Å². The summed E-state index contributed by atoms with van der Waals surface area (Å²) in [6.07, 6.45) is 15.7. The number of carbonyl (C=O) groups is 2. The van der Waals surface area contributed by atoms with E-state index < -0.39 is 12.1 Å². The fraction of sp³-hybridized carbons (Fsp3) is 0.344. The number of aryl methyl sites for hydroxylation is 1. The van der Waals surface area contributed by atoms with Gasteiger partial charge < -0.3 is 14.9 Å². The second-order valence-corrected chi connectivity index (χ2v) is 14.0. The number of aliphatic hydroxyl groups excluding tert-OH is 2. The molecule has 4 aromatic rings. The molecule has 0 saturated carbocycles. The maximum absolute atomic E-state index is 10.4. The molecule has 69 heavy (non-hydrogen) atoms. The van der Waals surface area contributed by atoms with E-state index in [1.807, 2.05) is 84.0 Å². The maximum atomic E-state index is 10.4. The Labute approximate surface area is 426 Å². The average molecular weight is 949 g/mol. The monoisotopic (exact) mass is 949 g/mol. The van der Waals surface area contributed by atoms with Gasteiger partial charge in [-0.05, 0) is 119 Å². The van der Waals surface area contributed by atoms with Crippen LogP contribution in [0, 0.1) is 6.92 Å². The molecule has 1 unspecified atom stereocenters. The third-order valence-electron chi connectivity index (χ3n) is 7.65. The third kappa shape index (κ3) is 64.0. The van der Waals surface area contributed by atoms with Gasteiger partial charge >= 0.3 is 5.97 Å². The topological polar surface area (TPSA) is 83.8 Å². The van der Waals surface area contributed by atoms with Gasteiger partial charge in [0.15, 0.2) is 5.78 Å². The predicted octanol–water partition coefficient (Wildman–Crippen LogP) is 17.9. The zero-order valence-corrected chi connectivity index (χ0v) is 45.2. The van der Waals surface area contributed by atoms with Gasteiger partial charge in [0, 0.05) is 13.2 Å². The van der Waals surface area contributed by atoms with E-state index in [-0.39, 0.29) is 19.8 Å². The number of hydrogen-bond acceptors (Lipinski definition) is 5. The number of carbonyl (C=O) groups excluding carboxylic acids is 2. The fourth-order valence-electron chi connectivity index (χ4n) is 3.82. The number of hydrogen-bond donors (Lipinski definition) is 2. The van der Waals surface area contributed by atoms with Crippen molar-refractivity contribution >= 4 is 11.8 Å². The van der Waals surface area contributed by atoms with Crippen molar-refractivity contribution in [2.24, 2.45) is 0 Å². The van der Waals surface area contributed by atoms with Crippen molar-refractivity contribution in [1.82, 2.24) is 0 Å². The van der Waals surface area contributed by atoms with Crippen LogP contribution in [0.2, 0.25) is 0 Å². The van der Waals surface area contributed by atoms with Crippen LogP contribution >= 0.6 is 0 Å². The molecule has 4 rings (SSSR count). The minimum atomic E-state index is -0.552. The second kappa shape index (κ2) is 66.1. The van der Waals surface area contributed by atoms with Crippen molar-refractivity contribution in [3.63, 3.8) is 0 Å². The summed E-state index contributed by atoms with van der Waals surface area (Å²) in [5.41, 5.74) is 9.87. The van der Waals surface area contributed by atoms with Gasteiger partial charge in [-0.2, -0.15) is 0 Å². The number of ether oxygens (including phenoxy) is 1. The van der Waals surface area contributed by atoms with Crippen molar-refractivity contribution in [3.8, 4) is 11.1 Å². The van der Waals surface area contributed by atoms with E-state index in [4.69, 9.17) is 10.2 Å². The van der Waals surface area contributed by atoms with Gasteiger partial charge in [-0.3, -0.25) is 4.79 Å². The molecule has 1 atom stereocenters. The number of esters is 1. The Bertz CT molecular complexity index is 1700. The molecule has 0 heterocycles. The lowest BCUT2D eigenvalue weighted by Gasteiger charge is -2.07. The summed E-state index contributed by atoms with van der Waals surface area (Å²) >= 11 is 0. The standard InChI is InChI=1S/C13H16.C12H10.C8H10.C7H12O3.C5H8O.3C4H8.C3H6.C2H6.CH4O.CH4/c1-4-7-12-9-6-10-13(8-5-2)11(12)3;1-3-7-11(8-4-1)12-9-5-2-6-10-12;1-2-8-6-4-3-5-7-8;1-3-6(8)5-10-7(9)4-2;1-4(2)5(3)6;1-4(2)3;2*1-3-4-2;1-3-2;2*1-2;/h4-6,9-10H,1-2,7-8H2,3H3;1-10H;3-7H,2H2,1H3;4,6,8H,2-3,5H2,1H3;1H2,2-3H3;1H2,2-3H3;2*3H,1,4H2,2H3;3H,1H2,2H3;1-2H3;2H,1H3;1H4. The zero-order valence-electron chi connectivity index (χ0n) is 45.2. The number of aliphatic hydroxyl groups is 2. The molecule has 0 aliphatic rings. The smallest absolute Gasteiger partial charge is 0.330 e. The maximum Gasteiger partial charge on any atom is 0.330 e. The highest BCUT2D eigenvalue weighted by Crippen LogP contribution is 2.17. The number of benzene rings is 4. The van der Waals surface area contributed by atoms with Gasteiger partial charge in [-0.15, -0.1) is 39.5 Å². The normalized spacial score (nSPS) is 8.45. The van der Waals surface area contributed by atoms with Crippen LogP contribution < -0.4 is 0 Å².